The zero-order valence-electron chi connectivity index (χ0n) is 14.2. The summed E-state index contributed by atoms with van der Waals surface area (Å²) < 4.78 is 6.28. The third kappa shape index (κ3) is 3.32. The molecule has 0 spiro atoms. The van der Waals surface area contributed by atoms with Crippen molar-refractivity contribution in [2.45, 2.75) is 13.0 Å². The van der Waals surface area contributed by atoms with E-state index in [-0.39, 0.29) is 18.9 Å². The normalized spacial score (nSPS) is 11.0. The predicted octanol–water partition coefficient (Wildman–Crippen LogP) is 1.47. The molecule has 8 heteroatoms. The fraction of sp³-hybridized carbons (Fsp3) is 0.105. The summed E-state index contributed by atoms with van der Waals surface area (Å²) in [7, 11) is 0. The summed E-state index contributed by atoms with van der Waals surface area (Å²) in [5, 5.41) is 0.954. The van der Waals surface area contributed by atoms with Gasteiger partial charge in [0.15, 0.2) is 5.58 Å². The number of para-hydroxylation sites is 3. The first-order valence-electron chi connectivity index (χ1n) is 8.33. The summed E-state index contributed by atoms with van der Waals surface area (Å²) in [6.07, 6.45) is 1.88. The molecular formula is C19H16N4O4. The van der Waals surface area contributed by atoms with Gasteiger partial charge in [0.05, 0.1) is 11.9 Å². The molecule has 4 aromatic rings. The maximum absolute atomic E-state index is 12.1. The molecule has 0 aliphatic rings. The lowest BCUT2D eigenvalue weighted by Crippen LogP contribution is -2.44. The molecule has 136 valence electrons. The van der Waals surface area contributed by atoms with Gasteiger partial charge in [-0.05, 0) is 23.8 Å². The Morgan fingerprint density at radius 3 is 2.63 bits per heavy atom. The number of nitrogens with zero attached hydrogens (tertiary/aromatic N) is 1. The van der Waals surface area contributed by atoms with E-state index in [0.29, 0.717) is 11.1 Å². The maximum Gasteiger partial charge on any atom is 0.420 e. The van der Waals surface area contributed by atoms with Gasteiger partial charge < -0.3 is 9.40 Å². The fourth-order valence-corrected chi connectivity index (χ4v) is 2.98. The quantitative estimate of drug-likeness (QED) is 0.476. The molecule has 27 heavy (non-hydrogen) atoms. The molecule has 2 aromatic carbocycles. The zero-order chi connectivity index (χ0) is 18.8. The van der Waals surface area contributed by atoms with Crippen molar-refractivity contribution in [2.24, 2.45) is 0 Å². The molecule has 0 aliphatic heterocycles. The van der Waals surface area contributed by atoms with Crippen molar-refractivity contribution in [3.05, 3.63) is 70.8 Å². The highest BCUT2D eigenvalue weighted by atomic mass is 16.4. The van der Waals surface area contributed by atoms with Gasteiger partial charge in [-0.3, -0.25) is 25.0 Å². The van der Waals surface area contributed by atoms with Gasteiger partial charge in [-0.2, -0.15) is 0 Å². The number of carbonyl (C=O) groups is 2. The number of benzene rings is 2. The van der Waals surface area contributed by atoms with Crippen LogP contribution in [0.25, 0.3) is 22.0 Å². The summed E-state index contributed by atoms with van der Waals surface area (Å²) in [5.41, 5.74) is 7.38. The summed E-state index contributed by atoms with van der Waals surface area (Å²) >= 11 is 0. The minimum Gasteiger partial charge on any atom is -0.408 e. The molecule has 0 saturated heterocycles. The fourth-order valence-electron chi connectivity index (χ4n) is 2.98. The Balaban J connectivity index is 1.38. The summed E-state index contributed by atoms with van der Waals surface area (Å²) in [6.45, 7) is -0.261. The van der Waals surface area contributed by atoms with Crippen LogP contribution in [-0.4, -0.2) is 21.4 Å². The van der Waals surface area contributed by atoms with E-state index in [1.807, 2.05) is 24.3 Å². The number of aromatic nitrogens is 2. The van der Waals surface area contributed by atoms with Crippen LogP contribution in [0.2, 0.25) is 0 Å². The van der Waals surface area contributed by atoms with Gasteiger partial charge in [-0.25, -0.2) is 4.79 Å². The minimum absolute atomic E-state index is 0.110. The van der Waals surface area contributed by atoms with Crippen LogP contribution in [0.3, 0.4) is 0 Å². The first-order valence-corrected chi connectivity index (χ1v) is 8.33. The summed E-state index contributed by atoms with van der Waals surface area (Å²) in [4.78, 5) is 39.2. The summed E-state index contributed by atoms with van der Waals surface area (Å²) in [5.74, 6) is -1.52. The highest BCUT2D eigenvalue weighted by molar-refractivity contribution is 5.90. The zero-order valence-corrected chi connectivity index (χ0v) is 14.2. The number of oxazole rings is 1. The third-order valence-electron chi connectivity index (χ3n) is 4.24. The second kappa shape index (κ2) is 6.83. The van der Waals surface area contributed by atoms with Crippen LogP contribution < -0.4 is 16.6 Å². The first-order chi connectivity index (χ1) is 13.1. The molecule has 2 amide bonds. The summed E-state index contributed by atoms with van der Waals surface area (Å²) in [6, 6.07) is 14.5. The molecule has 0 bridgehead atoms. The van der Waals surface area contributed by atoms with E-state index in [1.165, 1.54) is 4.57 Å². The molecule has 0 atom stereocenters. The van der Waals surface area contributed by atoms with E-state index < -0.39 is 11.7 Å². The van der Waals surface area contributed by atoms with Gasteiger partial charge in [0.2, 0.25) is 5.91 Å². The molecule has 0 saturated carbocycles. The van der Waals surface area contributed by atoms with E-state index in [2.05, 4.69) is 15.8 Å². The maximum atomic E-state index is 12.1. The minimum atomic E-state index is -0.628. The Morgan fingerprint density at radius 2 is 1.74 bits per heavy atom. The molecule has 4 rings (SSSR count). The molecule has 0 aliphatic carbocycles. The Bertz CT molecular complexity index is 1200. The molecule has 2 heterocycles. The Hall–Kier alpha value is -3.81. The predicted molar refractivity (Wildman–Crippen MR) is 98.8 cm³/mol. The molecule has 8 nitrogen and oxygen atoms in total. The molecule has 2 aromatic heterocycles. The van der Waals surface area contributed by atoms with Crippen LogP contribution in [0.5, 0.6) is 0 Å². The molecule has 0 fully saturated rings. The van der Waals surface area contributed by atoms with Gasteiger partial charge in [-0.1, -0.05) is 30.3 Å². The average molecular weight is 364 g/mol. The van der Waals surface area contributed by atoms with E-state index in [4.69, 9.17) is 4.42 Å². The number of amides is 2. The highest BCUT2D eigenvalue weighted by Crippen LogP contribution is 2.17. The van der Waals surface area contributed by atoms with Crippen LogP contribution in [0.4, 0.5) is 0 Å². The molecule has 0 unspecified atom stereocenters. The highest BCUT2D eigenvalue weighted by Gasteiger charge is 2.13. The lowest BCUT2D eigenvalue weighted by atomic mass is 10.1. The van der Waals surface area contributed by atoms with Crippen molar-refractivity contribution in [3.8, 4) is 0 Å². The number of nitrogens with one attached hydrogen (secondary N) is 3. The monoisotopic (exact) mass is 364 g/mol. The smallest absolute Gasteiger partial charge is 0.408 e. The lowest BCUT2D eigenvalue weighted by molar-refractivity contribution is -0.128. The van der Waals surface area contributed by atoms with Crippen molar-refractivity contribution >= 4 is 33.8 Å². The van der Waals surface area contributed by atoms with Crippen molar-refractivity contribution in [2.75, 3.05) is 0 Å². The van der Waals surface area contributed by atoms with Crippen molar-refractivity contribution in [1.82, 2.24) is 20.4 Å². The molecular weight excluding hydrogens is 348 g/mol. The van der Waals surface area contributed by atoms with E-state index in [0.717, 1.165) is 16.5 Å². The van der Waals surface area contributed by atoms with Gasteiger partial charge in [0.25, 0.3) is 5.91 Å². The molecule has 3 N–H and O–H groups in total. The number of fused-ring (bicyclic) bond motifs is 2. The third-order valence-corrected chi connectivity index (χ3v) is 4.24. The Labute approximate surface area is 152 Å². The number of rotatable bonds is 4. The van der Waals surface area contributed by atoms with E-state index >= 15 is 0 Å². The first kappa shape index (κ1) is 16.6. The number of carbonyl (C=O) groups excluding carboxylic acids is 2. The van der Waals surface area contributed by atoms with E-state index in [1.54, 1.807) is 30.5 Å². The van der Waals surface area contributed by atoms with Crippen molar-refractivity contribution in [3.63, 3.8) is 0 Å². The molecule has 0 radical (unpaired) electrons. The van der Waals surface area contributed by atoms with Crippen LogP contribution in [-0.2, 0) is 22.6 Å². The van der Waals surface area contributed by atoms with Gasteiger partial charge in [-0.15, -0.1) is 0 Å². The van der Waals surface area contributed by atoms with Crippen LogP contribution in [0.1, 0.15) is 5.56 Å². The van der Waals surface area contributed by atoms with E-state index in [9.17, 15) is 14.4 Å². The van der Waals surface area contributed by atoms with Gasteiger partial charge >= 0.3 is 5.76 Å². The van der Waals surface area contributed by atoms with Crippen LogP contribution in [0, 0.1) is 0 Å². The van der Waals surface area contributed by atoms with Crippen LogP contribution >= 0.6 is 0 Å². The number of aromatic amines is 1. The van der Waals surface area contributed by atoms with Crippen molar-refractivity contribution in [1.29, 1.82) is 0 Å². The second-order valence-corrected chi connectivity index (χ2v) is 6.05. The van der Waals surface area contributed by atoms with Crippen LogP contribution in [0.15, 0.2) is 63.9 Å². The van der Waals surface area contributed by atoms with Gasteiger partial charge in [0.1, 0.15) is 6.54 Å². The SMILES string of the molecule is O=C(Cc1c[nH]c2ccccc12)NNC(=O)Cn1c(=O)oc2ccccc21. The standard InChI is InChI=1S/C19H16N4O4/c24-17(9-12-10-20-14-6-2-1-5-13(12)14)21-22-18(25)11-23-15-7-3-4-8-16(15)27-19(23)26/h1-8,10,20H,9,11H2,(H,21,24)(H,22,25). The number of hydrogen-bond acceptors (Lipinski definition) is 4. The lowest BCUT2D eigenvalue weighted by Gasteiger charge is -2.07. The number of hydrazine groups is 1. The topological polar surface area (TPSA) is 109 Å². The van der Waals surface area contributed by atoms with Gasteiger partial charge in [0, 0.05) is 17.1 Å². The number of hydrogen-bond donors (Lipinski definition) is 3. The largest absolute Gasteiger partial charge is 0.420 e. The average Bonchev–Trinajstić information content (AvgIpc) is 3.21. The number of H-pyrrole nitrogens is 1. The Kier molecular flexibility index (Phi) is 4.21. The second-order valence-electron chi connectivity index (χ2n) is 6.05. The van der Waals surface area contributed by atoms with Crippen molar-refractivity contribution < 1.29 is 14.0 Å². The Morgan fingerprint density at radius 1 is 1.00 bits per heavy atom.